The van der Waals surface area contributed by atoms with E-state index < -0.39 is 0 Å². The average molecular weight is 439 g/mol. The van der Waals surface area contributed by atoms with Crippen molar-refractivity contribution in [3.05, 3.63) is 63.6 Å². The van der Waals surface area contributed by atoms with Crippen molar-refractivity contribution in [1.29, 1.82) is 0 Å². The number of halogens is 1. The first-order valence-electron chi connectivity index (χ1n) is 11.4. The Kier molecular flexibility index (Phi) is 6.17. The molecule has 0 bridgehead atoms. The quantitative estimate of drug-likeness (QED) is 0.656. The van der Waals surface area contributed by atoms with Gasteiger partial charge < -0.3 is 9.88 Å². The first-order chi connectivity index (χ1) is 15.3. The first-order valence-corrected chi connectivity index (χ1v) is 11.4. The molecule has 1 aliphatic rings. The van der Waals surface area contributed by atoms with E-state index in [-0.39, 0.29) is 29.9 Å². The maximum absolute atomic E-state index is 13.2. The second-order valence-corrected chi connectivity index (χ2v) is 9.22. The molecule has 4 rings (SSSR count). The van der Waals surface area contributed by atoms with E-state index in [4.69, 9.17) is 0 Å². The van der Waals surface area contributed by atoms with Crippen LogP contribution in [0.3, 0.4) is 0 Å². The van der Waals surface area contributed by atoms with Crippen molar-refractivity contribution in [1.82, 2.24) is 19.7 Å². The smallest absolute Gasteiger partial charge is 0.276 e. The lowest BCUT2D eigenvalue weighted by molar-refractivity contribution is -0.123. The van der Waals surface area contributed by atoms with Gasteiger partial charge in [0, 0.05) is 29.4 Å². The summed E-state index contributed by atoms with van der Waals surface area (Å²) < 4.78 is 16.5. The van der Waals surface area contributed by atoms with Crippen molar-refractivity contribution >= 4 is 16.7 Å². The molecular formula is C25H31FN4O2. The monoisotopic (exact) mass is 438 g/mol. The minimum absolute atomic E-state index is 0.0893. The van der Waals surface area contributed by atoms with Crippen molar-refractivity contribution in [2.24, 2.45) is 11.8 Å². The van der Waals surface area contributed by atoms with Crippen LogP contribution in [0.1, 0.15) is 50.1 Å². The predicted molar refractivity (Wildman–Crippen MR) is 123 cm³/mol. The van der Waals surface area contributed by atoms with Crippen molar-refractivity contribution in [3.63, 3.8) is 0 Å². The lowest BCUT2D eigenvalue weighted by Crippen LogP contribution is -2.45. The number of nitrogens with zero attached hydrogens (tertiary/aromatic N) is 3. The van der Waals surface area contributed by atoms with Gasteiger partial charge in [0.25, 0.3) is 5.56 Å². The van der Waals surface area contributed by atoms with Gasteiger partial charge in [-0.2, -0.15) is 5.10 Å². The molecule has 0 spiro atoms. The molecule has 32 heavy (non-hydrogen) atoms. The van der Waals surface area contributed by atoms with Gasteiger partial charge in [0.05, 0.1) is 11.6 Å². The third-order valence-electron chi connectivity index (χ3n) is 7.21. The molecule has 1 aromatic carbocycles. The molecule has 2 aromatic heterocycles. The van der Waals surface area contributed by atoms with Crippen LogP contribution >= 0.6 is 0 Å². The Balaban J connectivity index is 1.58. The zero-order valence-corrected chi connectivity index (χ0v) is 19.2. The fourth-order valence-corrected chi connectivity index (χ4v) is 4.94. The zero-order valence-electron chi connectivity index (χ0n) is 19.2. The summed E-state index contributed by atoms with van der Waals surface area (Å²) in [5.74, 6) is 0.551. The number of rotatable bonds is 5. The topological polar surface area (TPSA) is 68.9 Å². The molecule has 0 unspecified atom stereocenters. The van der Waals surface area contributed by atoms with Crippen LogP contribution in [-0.4, -0.2) is 26.3 Å². The van der Waals surface area contributed by atoms with Gasteiger partial charge >= 0.3 is 0 Å². The third kappa shape index (κ3) is 4.20. The summed E-state index contributed by atoms with van der Waals surface area (Å²) in [5, 5.41) is 8.76. The molecule has 3 atom stereocenters. The van der Waals surface area contributed by atoms with E-state index in [1.165, 1.54) is 23.2 Å². The molecule has 2 heterocycles. The predicted octanol–water partition coefficient (Wildman–Crippen LogP) is 3.94. The molecule has 7 heteroatoms. The average Bonchev–Trinajstić information content (AvgIpc) is 3.00. The summed E-state index contributed by atoms with van der Waals surface area (Å²) in [5.41, 5.74) is 2.42. The molecule has 1 aliphatic carbocycles. The van der Waals surface area contributed by atoms with Crippen LogP contribution in [0, 0.1) is 31.5 Å². The highest BCUT2D eigenvalue weighted by Gasteiger charge is 2.28. The molecule has 0 saturated heterocycles. The Hall–Kier alpha value is -2.96. The number of carbonyl (C=O) groups is 1. The highest BCUT2D eigenvalue weighted by Crippen LogP contribution is 2.29. The van der Waals surface area contributed by atoms with Gasteiger partial charge in [-0.25, -0.2) is 9.07 Å². The number of benzene rings is 1. The van der Waals surface area contributed by atoms with Crippen LogP contribution in [-0.2, 0) is 17.9 Å². The molecule has 1 amide bonds. The lowest BCUT2D eigenvalue weighted by atomic mass is 9.78. The minimum atomic E-state index is -0.276. The minimum Gasteiger partial charge on any atom is -0.351 e. The fraction of sp³-hybridized carbons (Fsp3) is 0.480. The van der Waals surface area contributed by atoms with Crippen LogP contribution in [0.2, 0.25) is 0 Å². The molecule has 3 aromatic rings. The molecule has 1 fully saturated rings. The Morgan fingerprint density at radius 2 is 1.88 bits per heavy atom. The molecule has 170 valence electrons. The highest BCUT2D eigenvalue weighted by atomic mass is 19.1. The van der Waals surface area contributed by atoms with Gasteiger partial charge in [0.2, 0.25) is 5.91 Å². The van der Waals surface area contributed by atoms with Crippen molar-refractivity contribution in [2.45, 2.75) is 66.1 Å². The lowest BCUT2D eigenvalue weighted by Gasteiger charge is -2.34. The van der Waals surface area contributed by atoms with E-state index in [1.54, 1.807) is 18.3 Å². The summed E-state index contributed by atoms with van der Waals surface area (Å²) in [7, 11) is 0. The number of nitrogens with one attached hydrogen (secondary N) is 1. The van der Waals surface area contributed by atoms with Crippen LogP contribution in [0.25, 0.3) is 10.8 Å². The van der Waals surface area contributed by atoms with Gasteiger partial charge in [-0.3, -0.25) is 9.59 Å². The number of hydrogen-bond acceptors (Lipinski definition) is 3. The summed E-state index contributed by atoms with van der Waals surface area (Å²) in [6, 6.07) is 6.50. The van der Waals surface area contributed by atoms with Crippen LogP contribution in [0.5, 0.6) is 0 Å². The summed E-state index contributed by atoms with van der Waals surface area (Å²) in [4.78, 5) is 25.9. The molecule has 1 saturated carbocycles. The number of fused-ring (bicyclic) bond motifs is 1. The van der Waals surface area contributed by atoms with E-state index in [1.807, 2.05) is 18.4 Å². The Morgan fingerprint density at radius 3 is 2.59 bits per heavy atom. The Morgan fingerprint density at radius 1 is 1.16 bits per heavy atom. The molecule has 0 aliphatic heterocycles. The molecule has 6 nitrogen and oxygen atoms in total. The van der Waals surface area contributed by atoms with Crippen LogP contribution in [0.15, 0.2) is 35.3 Å². The number of aryl methyl sites for hydroxylation is 2. The molecule has 1 N–H and O–H groups in total. The summed E-state index contributed by atoms with van der Waals surface area (Å²) in [6.07, 6.45) is 4.95. The van der Waals surface area contributed by atoms with Crippen molar-refractivity contribution < 1.29 is 9.18 Å². The van der Waals surface area contributed by atoms with Crippen LogP contribution < -0.4 is 10.9 Å². The molecular weight excluding hydrogens is 407 g/mol. The van der Waals surface area contributed by atoms with Gasteiger partial charge in [-0.1, -0.05) is 38.8 Å². The van der Waals surface area contributed by atoms with Gasteiger partial charge in [-0.05, 0) is 49.8 Å². The Labute approximate surface area is 187 Å². The number of hydrogen-bond donors (Lipinski definition) is 1. The standard InChI is InChI=1S/C25H31FN4O2/c1-15-6-5-7-22(16(15)2)28-23(31)14-30-25(32)24-18(4)29(17(3)21(24)12-27-30)13-19-8-10-20(26)11-9-19/h8-12,15-16,22H,5-7,13-14H2,1-4H3,(H,28,31)/t15-,16-,22+/m0/s1. The van der Waals surface area contributed by atoms with E-state index in [9.17, 15) is 14.0 Å². The maximum Gasteiger partial charge on any atom is 0.276 e. The zero-order chi connectivity index (χ0) is 23.0. The normalized spacial score (nSPS) is 21.1. The largest absolute Gasteiger partial charge is 0.351 e. The van der Waals surface area contributed by atoms with E-state index in [2.05, 4.69) is 24.3 Å². The third-order valence-corrected chi connectivity index (χ3v) is 7.21. The number of aromatic nitrogens is 3. The maximum atomic E-state index is 13.2. The number of amides is 1. The van der Waals surface area contributed by atoms with Gasteiger partial charge in [0.15, 0.2) is 0 Å². The van der Waals surface area contributed by atoms with E-state index >= 15 is 0 Å². The number of carbonyl (C=O) groups excluding carboxylic acids is 1. The van der Waals surface area contributed by atoms with Gasteiger partial charge in [0.1, 0.15) is 12.4 Å². The fourth-order valence-electron chi connectivity index (χ4n) is 4.94. The Bertz CT molecular complexity index is 1200. The highest BCUT2D eigenvalue weighted by molar-refractivity contribution is 5.87. The van der Waals surface area contributed by atoms with Crippen molar-refractivity contribution in [3.8, 4) is 0 Å². The second-order valence-electron chi connectivity index (χ2n) is 9.22. The molecule has 0 radical (unpaired) electrons. The van der Waals surface area contributed by atoms with Crippen molar-refractivity contribution in [2.75, 3.05) is 0 Å². The first kappa shape index (κ1) is 22.2. The summed E-state index contributed by atoms with van der Waals surface area (Å²) in [6.45, 7) is 8.70. The van der Waals surface area contributed by atoms with E-state index in [0.29, 0.717) is 23.8 Å². The second kappa shape index (κ2) is 8.88. The van der Waals surface area contributed by atoms with E-state index in [0.717, 1.165) is 35.2 Å². The summed E-state index contributed by atoms with van der Waals surface area (Å²) >= 11 is 0. The van der Waals surface area contributed by atoms with Gasteiger partial charge in [-0.15, -0.1) is 0 Å². The van der Waals surface area contributed by atoms with Crippen LogP contribution in [0.4, 0.5) is 4.39 Å². The SMILES string of the molecule is Cc1c2cnn(CC(=O)N[C@@H]3CCC[C@H](C)[C@@H]3C)c(=O)c2c(C)n1Cc1ccc(F)cc1.